The minimum Gasteiger partial charge on any atom is -0.355 e. The van der Waals surface area contributed by atoms with Crippen molar-refractivity contribution in [3.05, 3.63) is 100 Å². The van der Waals surface area contributed by atoms with Crippen LogP contribution in [0.5, 0.6) is 0 Å². The van der Waals surface area contributed by atoms with Gasteiger partial charge in [-0.15, -0.1) is 0 Å². The molecule has 1 atom stereocenters. The third-order valence-electron chi connectivity index (χ3n) is 5.86. The minimum atomic E-state index is -3.78. The third kappa shape index (κ3) is 8.16. The van der Waals surface area contributed by atoms with Crippen molar-refractivity contribution in [2.24, 2.45) is 0 Å². The van der Waals surface area contributed by atoms with Gasteiger partial charge in [0.2, 0.25) is 21.8 Å². The molecule has 0 heterocycles. The molecule has 0 bridgehead atoms. The molecule has 196 valence electrons. The van der Waals surface area contributed by atoms with E-state index in [2.05, 4.69) is 21.2 Å². The van der Waals surface area contributed by atoms with Crippen LogP contribution in [0.15, 0.2) is 83.3 Å². The fraction of sp³-hybridized carbons (Fsp3) is 0.286. The molecule has 3 rings (SSSR count). The van der Waals surface area contributed by atoms with E-state index in [0.717, 1.165) is 31.7 Å². The second-order valence-electron chi connectivity index (χ2n) is 8.86. The monoisotopic (exact) mass is 585 g/mol. The van der Waals surface area contributed by atoms with Crippen LogP contribution in [-0.2, 0) is 32.6 Å². The molecule has 7 nitrogen and oxygen atoms in total. The van der Waals surface area contributed by atoms with Crippen LogP contribution in [-0.4, -0.2) is 50.5 Å². The van der Waals surface area contributed by atoms with E-state index in [1.54, 1.807) is 18.2 Å². The van der Waals surface area contributed by atoms with Crippen LogP contribution >= 0.6 is 15.9 Å². The fourth-order valence-electron chi connectivity index (χ4n) is 4.03. The van der Waals surface area contributed by atoms with Gasteiger partial charge in [-0.3, -0.25) is 13.9 Å². The van der Waals surface area contributed by atoms with Crippen LogP contribution in [0.3, 0.4) is 0 Å². The smallest absolute Gasteiger partial charge is 0.244 e. The molecule has 0 aliphatic heterocycles. The Balaban J connectivity index is 2.03. The first-order chi connectivity index (χ1) is 17.6. The van der Waals surface area contributed by atoms with Crippen molar-refractivity contribution in [1.82, 2.24) is 10.2 Å². The number of carbonyl (C=O) groups excluding carboxylic acids is 2. The van der Waals surface area contributed by atoms with E-state index in [4.69, 9.17) is 0 Å². The average molecular weight is 587 g/mol. The number of likely N-dealkylation sites (N-methyl/N-ethyl adjacent to an activating group) is 1. The molecule has 0 saturated carbocycles. The lowest BCUT2D eigenvalue weighted by Crippen LogP contribution is -2.53. The maximum Gasteiger partial charge on any atom is 0.244 e. The molecule has 37 heavy (non-hydrogen) atoms. The maximum absolute atomic E-state index is 13.9. The molecule has 3 aromatic rings. The van der Waals surface area contributed by atoms with Crippen LogP contribution in [0, 0.1) is 6.92 Å². The lowest BCUT2D eigenvalue weighted by Gasteiger charge is -2.33. The van der Waals surface area contributed by atoms with Gasteiger partial charge in [-0.05, 0) is 54.8 Å². The van der Waals surface area contributed by atoms with Gasteiger partial charge < -0.3 is 10.2 Å². The number of hydrogen-bond acceptors (Lipinski definition) is 4. The summed E-state index contributed by atoms with van der Waals surface area (Å²) in [5.41, 5.74) is 2.98. The predicted octanol–water partition coefficient (Wildman–Crippen LogP) is 4.30. The number of aryl methyl sites for hydroxylation is 1. The van der Waals surface area contributed by atoms with Gasteiger partial charge in [0.1, 0.15) is 12.6 Å². The van der Waals surface area contributed by atoms with Crippen LogP contribution in [0.1, 0.15) is 23.6 Å². The largest absolute Gasteiger partial charge is 0.355 e. The summed E-state index contributed by atoms with van der Waals surface area (Å²) < 4.78 is 27.5. The number of halogens is 1. The Kier molecular flexibility index (Phi) is 9.88. The second-order valence-corrected chi connectivity index (χ2v) is 11.7. The average Bonchev–Trinajstić information content (AvgIpc) is 2.85. The van der Waals surface area contributed by atoms with E-state index in [1.165, 1.54) is 4.90 Å². The zero-order chi connectivity index (χ0) is 27.0. The number of nitrogens with zero attached hydrogens (tertiary/aromatic N) is 2. The molecule has 0 unspecified atom stereocenters. The van der Waals surface area contributed by atoms with Gasteiger partial charge in [-0.25, -0.2) is 8.42 Å². The highest BCUT2D eigenvalue weighted by Crippen LogP contribution is 2.22. The summed E-state index contributed by atoms with van der Waals surface area (Å²) in [5, 5.41) is 2.85. The predicted molar refractivity (Wildman–Crippen MR) is 151 cm³/mol. The van der Waals surface area contributed by atoms with Crippen molar-refractivity contribution in [2.75, 3.05) is 23.7 Å². The highest BCUT2D eigenvalue weighted by atomic mass is 79.9. The SMILES string of the molecule is CCNC(=O)[C@H](Cc1ccccc1)N(Cc1ccc(Br)cc1)C(=O)CN(c1cccc(C)c1)S(C)(=O)=O. The van der Waals surface area contributed by atoms with Gasteiger partial charge in [-0.1, -0.05) is 70.5 Å². The van der Waals surface area contributed by atoms with E-state index in [0.29, 0.717) is 12.2 Å². The maximum atomic E-state index is 13.9. The van der Waals surface area contributed by atoms with Crippen molar-refractivity contribution in [3.63, 3.8) is 0 Å². The van der Waals surface area contributed by atoms with Crippen LogP contribution in [0.4, 0.5) is 5.69 Å². The summed E-state index contributed by atoms with van der Waals surface area (Å²) in [6, 6.07) is 23.1. The molecular weight excluding hydrogens is 554 g/mol. The van der Waals surface area contributed by atoms with Crippen molar-refractivity contribution < 1.29 is 18.0 Å². The van der Waals surface area contributed by atoms with Gasteiger partial charge in [0.25, 0.3) is 0 Å². The zero-order valence-corrected chi connectivity index (χ0v) is 23.6. The van der Waals surface area contributed by atoms with Crippen LogP contribution in [0.2, 0.25) is 0 Å². The van der Waals surface area contributed by atoms with E-state index >= 15 is 0 Å². The van der Waals surface area contributed by atoms with E-state index < -0.39 is 28.5 Å². The van der Waals surface area contributed by atoms with Crippen molar-refractivity contribution in [3.8, 4) is 0 Å². The van der Waals surface area contributed by atoms with Crippen LogP contribution in [0.25, 0.3) is 0 Å². The molecule has 9 heteroatoms. The van der Waals surface area contributed by atoms with Gasteiger partial charge in [0.15, 0.2) is 0 Å². The van der Waals surface area contributed by atoms with E-state index in [-0.39, 0.29) is 18.9 Å². The quantitative estimate of drug-likeness (QED) is 0.363. The Bertz CT molecular complexity index is 1310. The Labute approximate surface area is 227 Å². The lowest BCUT2D eigenvalue weighted by molar-refractivity contribution is -0.140. The number of nitrogens with one attached hydrogen (secondary N) is 1. The normalized spacial score (nSPS) is 12.0. The molecule has 0 aliphatic carbocycles. The highest BCUT2D eigenvalue weighted by molar-refractivity contribution is 9.10. The lowest BCUT2D eigenvalue weighted by atomic mass is 10.0. The molecular formula is C28H32BrN3O4S. The number of rotatable bonds is 11. The standard InChI is InChI=1S/C28H32BrN3O4S/c1-4-30-28(34)26(18-22-10-6-5-7-11-22)31(19-23-13-15-24(29)16-14-23)27(33)20-32(37(3,35)36)25-12-8-9-21(2)17-25/h5-17,26H,4,18-20H2,1-3H3,(H,30,34)/t26-/m0/s1. The third-order valence-corrected chi connectivity index (χ3v) is 7.53. The topological polar surface area (TPSA) is 86.8 Å². The Morgan fingerprint density at radius 2 is 1.62 bits per heavy atom. The molecule has 0 fully saturated rings. The second kappa shape index (κ2) is 12.9. The molecule has 0 spiro atoms. The number of anilines is 1. The first-order valence-corrected chi connectivity index (χ1v) is 14.6. The Morgan fingerprint density at radius 1 is 0.946 bits per heavy atom. The summed E-state index contributed by atoms with van der Waals surface area (Å²) in [5.74, 6) is -0.764. The number of benzene rings is 3. The van der Waals surface area contributed by atoms with Crippen LogP contribution < -0.4 is 9.62 Å². The molecule has 2 amide bonds. The van der Waals surface area contributed by atoms with E-state index in [1.807, 2.05) is 74.5 Å². The van der Waals surface area contributed by atoms with Crippen molar-refractivity contribution in [1.29, 1.82) is 0 Å². The van der Waals surface area contributed by atoms with Crippen molar-refractivity contribution in [2.45, 2.75) is 32.9 Å². The van der Waals surface area contributed by atoms with Gasteiger partial charge >= 0.3 is 0 Å². The van der Waals surface area contributed by atoms with Crippen molar-refractivity contribution >= 4 is 43.5 Å². The minimum absolute atomic E-state index is 0.145. The molecule has 0 saturated heterocycles. The number of sulfonamides is 1. The Hall–Kier alpha value is -3.17. The molecule has 3 aromatic carbocycles. The Morgan fingerprint density at radius 3 is 2.22 bits per heavy atom. The summed E-state index contributed by atoms with van der Waals surface area (Å²) in [6.45, 7) is 3.80. The number of hydrogen-bond donors (Lipinski definition) is 1. The molecule has 0 radical (unpaired) electrons. The van der Waals surface area contributed by atoms with E-state index in [9.17, 15) is 18.0 Å². The van der Waals surface area contributed by atoms with Gasteiger partial charge in [0.05, 0.1) is 11.9 Å². The zero-order valence-electron chi connectivity index (χ0n) is 21.2. The molecule has 0 aliphatic rings. The number of carbonyl (C=O) groups is 2. The molecule has 0 aromatic heterocycles. The number of amides is 2. The summed E-state index contributed by atoms with van der Waals surface area (Å²) in [7, 11) is -3.78. The summed E-state index contributed by atoms with van der Waals surface area (Å²) in [6.07, 6.45) is 1.37. The first kappa shape index (κ1) is 28.4. The van der Waals surface area contributed by atoms with Gasteiger partial charge in [-0.2, -0.15) is 0 Å². The van der Waals surface area contributed by atoms with Gasteiger partial charge in [0, 0.05) is 24.0 Å². The molecule has 1 N–H and O–H groups in total. The first-order valence-electron chi connectivity index (χ1n) is 12.0. The summed E-state index contributed by atoms with van der Waals surface area (Å²) in [4.78, 5) is 28.7. The highest BCUT2D eigenvalue weighted by Gasteiger charge is 2.32. The fourth-order valence-corrected chi connectivity index (χ4v) is 5.14. The summed E-state index contributed by atoms with van der Waals surface area (Å²) >= 11 is 3.43.